The number of hydrogen-bond donors (Lipinski definition) is 1. The van der Waals surface area contributed by atoms with Crippen LogP contribution in [0.1, 0.15) is 6.42 Å². The third-order valence-corrected chi connectivity index (χ3v) is 4.62. The maximum absolute atomic E-state index is 13.0. The number of nitrogens with zero attached hydrogens (tertiary/aromatic N) is 1. The minimum Gasteiger partial charge on any atom is -0.497 e. The molecule has 25 heavy (non-hydrogen) atoms. The Balaban J connectivity index is 2.02. The summed E-state index contributed by atoms with van der Waals surface area (Å²) < 4.78 is 43.0. The maximum Gasteiger partial charge on any atom is 0.232 e. The lowest BCUT2D eigenvalue weighted by Crippen LogP contribution is -2.33. The van der Waals surface area contributed by atoms with Gasteiger partial charge in [0.2, 0.25) is 15.9 Å². The summed E-state index contributed by atoms with van der Waals surface area (Å²) in [4.78, 5) is 12.1. The first kappa shape index (κ1) is 18.7. The number of hydrogen-bond acceptors (Lipinski definition) is 4. The van der Waals surface area contributed by atoms with Crippen molar-refractivity contribution in [2.75, 3.05) is 29.5 Å². The Morgan fingerprint density at radius 3 is 2.24 bits per heavy atom. The standard InChI is InChI=1S/C17H19FN2O4S/c1-24-16-9-5-14(6-10-16)19-17(21)11-12-20(25(2,22)23)15-7-3-13(18)4-8-15/h3-10H,11-12H2,1-2H3,(H,19,21). The summed E-state index contributed by atoms with van der Waals surface area (Å²) in [7, 11) is -2.05. The van der Waals surface area contributed by atoms with Crippen LogP contribution in [0.3, 0.4) is 0 Å². The number of ether oxygens (including phenoxy) is 1. The molecule has 0 aliphatic carbocycles. The summed E-state index contributed by atoms with van der Waals surface area (Å²) >= 11 is 0. The van der Waals surface area contributed by atoms with Crippen molar-refractivity contribution in [2.24, 2.45) is 0 Å². The van der Waals surface area contributed by atoms with Crippen LogP contribution in [0, 0.1) is 5.82 Å². The summed E-state index contributed by atoms with van der Waals surface area (Å²) in [5, 5.41) is 2.68. The molecule has 2 aromatic carbocycles. The second-order valence-corrected chi connectivity index (χ2v) is 7.25. The van der Waals surface area contributed by atoms with Crippen LogP contribution in [-0.2, 0) is 14.8 Å². The van der Waals surface area contributed by atoms with Gasteiger partial charge in [-0.1, -0.05) is 0 Å². The average molecular weight is 366 g/mol. The average Bonchev–Trinajstić information content (AvgIpc) is 2.56. The zero-order valence-electron chi connectivity index (χ0n) is 13.9. The van der Waals surface area contributed by atoms with E-state index in [1.165, 1.54) is 24.3 Å². The van der Waals surface area contributed by atoms with Gasteiger partial charge in [0.05, 0.1) is 19.1 Å². The maximum atomic E-state index is 13.0. The van der Waals surface area contributed by atoms with Crippen molar-refractivity contribution in [3.63, 3.8) is 0 Å². The molecule has 0 bridgehead atoms. The molecular formula is C17H19FN2O4S. The number of nitrogens with one attached hydrogen (secondary N) is 1. The van der Waals surface area contributed by atoms with E-state index < -0.39 is 15.8 Å². The number of rotatable bonds is 7. The number of carbonyl (C=O) groups excluding carboxylic acids is 1. The van der Waals surface area contributed by atoms with Crippen LogP contribution in [0.2, 0.25) is 0 Å². The van der Waals surface area contributed by atoms with E-state index >= 15 is 0 Å². The predicted molar refractivity (Wildman–Crippen MR) is 94.8 cm³/mol. The van der Waals surface area contributed by atoms with E-state index in [1.807, 2.05) is 0 Å². The summed E-state index contributed by atoms with van der Waals surface area (Å²) in [5.74, 6) is -0.132. The highest BCUT2D eigenvalue weighted by molar-refractivity contribution is 7.92. The first-order chi connectivity index (χ1) is 11.8. The van der Waals surface area contributed by atoms with E-state index in [9.17, 15) is 17.6 Å². The third kappa shape index (κ3) is 5.46. The van der Waals surface area contributed by atoms with Crippen LogP contribution in [0.25, 0.3) is 0 Å². The molecule has 1 amide bonds. The number of sulfonamides is 1. The molecule has 1 N–H and O–H groups in total. The minimum absolute atomic E-state index is 0.0452. The summed E-state index contributed by atoms with van der Waals surface area (Å²) in [5.41, 5.74) is 0.889. The zero-order valence-corrected chi connectivity index (χ0v) is 14.7. The van der Waals surface area contributed by atoms with Crippen LogP contribution in [0.5, 0.6) is 5.75 Å². The predicted octanol–water partition coefficient (Wildman–Crippen LogP) is 2.63. The number of benzene rings is 2. The lowest BCUT2D eigenvalue weighted by molar-refractivity contribution is -0.116. The molecule has 0 fully saturated rings. The number of methoxy groups -OCH3 is 1. The molecular weight excluding hydrogens is 347 g/mol. The second kappa shape index (κ2) is 7.98. The molecule has 0 saturated carbocycles. The number of amides is 1. The Morgan fingerprint density at radius 1 is 1.12 bits per heavy atom. The van der Waals surface area contributed by atoms with E-state index in [0.717, 1.165) is 10.6 Å². The van der Waals surface area contributed by atoms with Crippen LogP contribution in [0.4, 0.5) is 15.8 Å². The van der Waals surface area contributed by atoms with Gasteiger partial charge in [0, 0.05) is 18.7 Å². The Bertz CT molecular complexity index is 821. The molecule has 0 radical (unpaired) electrons. The third-order valence-electron chi connectivity index (χ3n) is 3.43. The highest BCUT2D eigenvalue weighted by atomic mass is 32.2. The van der Waals surface area contributed by atoms with E-state index in [4.69, 9.17) is 4.74 Å². The summed E-state index contributed by atoms with van der Waals surface area (Å²) in [6, 6.07) is 11.8. The molecule has 0 aliphatic rings. The smallest absolute Gasteiger partial charge is 0.232 e. The van der Waals surface area contributed by atoms with Gasteiger partial charge in [-0.3, -0.25) is 9.10 Å². The van der Waals surface area contributed by atoms with Gasteiger partial charge in [0.25, 0.3) is 0 Å². The topological polar surface area (TPSA) is 75.7 Å². The van der Waals surface area contributed by atoms with Crippen molar-refractivity contribution in [3.05, 3.63) is 54.3 Å². The van der Waals surface area contributed by atoms with Crippen molar-refractivity contribution in [2.45, 2.75) is 6.42 Å². The molecule has 2 rings (SSSR count). The molecule has 0 saturated heterocycles. The molecule has 0 atom stereocenters. The first-order valence-electron chi connectivity index (χ1n) is 7.47. The zero-order chi connectivity index (χ0) is 18.4. The fourth-order valence-electron chi connectivity index (χ4n) is 2.19. The minimum atomic E-state index is -3.59. The Morgan fingerprint density at radius 2 is 1.72 bits per heavy atom. The Labute approximate surface area is 146 Å². The molecule has 0 heterocycles. The lowest BCUT2D eigenvalue weighted by Gasteiger charge is -2.22. The van der Waals surface area contributed by atoms with Crippen molar-refractivity contribution in [1.29, 1.82) is 0 Å². The van der Waals surface area contributed by atoms with Gasteiger partial charge < -0.3 is 10.1 Å². The fraction of sp³-hybridized carbons (Fsp3) is 0.235. The molecule has 0 unspecified atom stereocenters. The second-order valence-electron chi connectivity index (χ2n) is 5.34. The van der Waals surface area contributed by atoms with Crippen LogP contribution in [0.15, 0.2) is 48.5 Å². The van der Waals surface area contributed by atoms with E-state index in [1.54, 1.807) is 31.4 Å². The van der Waals surface area contributed by atoms with Crippen molar-refractivity contribution in [1.82, 2.24) is 0 Å². The van der Waals surface area contributed by atoms with Gasteiger partial charge in [0.15, 0.2) is 0 Å². The molecule has 6 nitrogen and oxygen atoms in total. The van der Waals surface area contributed by atoms with Gasteiger partial charge in [-0.05, 0) is 48.5 Å². The molecule has 0 aromatic heterocycles. The van der Waals surface area contributed by atoms with E-state index in [2.05, 4.69) is 5.32 Å². The monoisotopic (exact) mass is 366 g/mol. The van der Waals surface area contributed by atoms with E-state index in [0.29, 0.717) is 17.1 Å². The molecule has 2 aromatic rings. The first-order valence-corrected chi connectivity index (χ1v) is 9.31. The normalized spacial score (nSPS) is 11.0. The number of carbonyl (C=O) groups is 1. The van der Waals surface area contributed by atoms with Crippen LogP contribution >= 0.6 is 0 Å². The van der Waals surface area contributed by atoms with Gasteiger partial charge in [-0.25, -0.2) is 12.8 Å². The summed E-state index contributed by atoms with van der Waals surface area (Å²) in [6.07, 6.45) is 0.994. The lowest BCUT2D eigenvalue weighted by atomic mass is 10.2. The van der Waals surface area contributed by atoms with Crippen molar-refractivity contribution >= 4 is 27.3 Å². The Hall–Kier alpha value is -2.61. The highest BCUT2D eigenvalue weighted by Crippen LogP contribution is 2.19. The number of halogens is 1. The van der Waals surface area contributed by atoms with Gasteiger partial charge >= 0.3 is 0 Å². The SMILES string of the molecule is COc1ccc(NC(=O)CCN(c2ccc(F)cc2)S(C)(=O)=O)cc1. The van der Waals surface area contributed by atoms with Crippen LogP contribution in [-0.4, -0.2) is 34.2 Å². The van der Waals surface area contributed by atoms with Crippen molar-refractivity contribution < 1.29 is 22.3 Å². The van der Waals surface area contributed by atoms with E-state index in [-0.39, 0.29) is 18.9 Å². The Kier molecular flexibility index (Phi) is 5.97. The molecule has 8 heteroatoms. The van der Waals surface area contributed by atoms with Gasteiger partial charge in [-0.2, -0.15) is 0 Å². The summed E-state index contributed by atoms with van der Waals surface area (Å²) in [6.45, 7) is -0.0492. The van der Waals surface area contributed by atoms with Gasteiger partial charge in [0.1, 0.15) is 11.6 Å². The quantitative estimate of drug-likeness (QED) is 0.817. The fourth-order valence-corrected chi connectivity index (χ4v) is 3.12. The molecule has 0 aliphatic heterocycles. The highest BCUT2D eigenvalue weighted by Gasteiger charge is 2.18. The molecule has 0 spiro atoms. The number of anilines is 2. The van der Waals surface area contributed by atoms with Gasteiger partial charge in [-0.15, -0.1) is 0 Å². The van der Waals surface area contributed by atoms with Crippen LogP contribution < -0.4 is 14.4 Å². The molecule has 134 valence electrons. The largest absolute Gasteiger partial charge is 0.497 e. The van der Waals surface area contributed by atoms with Crippen molar-refractivity contribution in [3.8, 4) is 5.75 Å².